The minimum atomic E-state index is -1.28. The Hall–Kier alpha value is -9.77. The molecule has 2 saturated heterocycles. The standard InChI is InChI=1S/C76H89N9O14/c1-44(87)61(27-17-18-30-77-75(97)99-76(2,3)4)79-68(90)50(42-86)31-51(88)37-78-67(89)43-98-66-32-49(73(95)84-38-57(69(91)80-62-33-53(62)45-19-9-5-10-20-45)58(39-84)70(92)81-63-34-54(63)46-21-11-6-12-22-46)28-29-52(66)74(96)85-40-59(71(93)82-64-35-55(64)47-23-13-7-14-24-47)60(41-85)72(94)83-65-36-56(65)48-25-15-8-16-26-48/h5-16,19-26,28-29,32,50,53-65,86H,17-18,27,30-31,33-43H2,1-4H3,(H,77,97)(H,78,89)(H,79,90)(H,80,91)(H,81,92)(H,82,93)(H,83,94)/t50-,53+,54+,55+,56+,57+,58+,59+,60+,61-,62-,63-,64-,65-/m0/s1. The van der Waals surface area contributed by atoms with E-state index < -0.39 is 103 Å². The number of carbonyl (C=O) groups excluding carboxylic acids is 11. The van der Waals surface area contributed by atoms with Crippen molar-refractivity contribution in [3.63, 3.8) is 0 Å². The number of nitrogens with zero attached hydrogens (tertiary/aromatic N) is 2. The highest BCUT2D eigenvalue weighted by Gasteiger charge is 2.51. The molecular formula is C76H89N9O14. The Balaban J connectivity index is 0.791. The van der Waals surface area contributed by atoms with Crippen LogP contribution < -0.4 is 42.0 Å². The van der Waals surface area contributed by atoms with Crippen molar-refractivity contribution in [1.29, 1.82) is 0 Å². The second-order valence-electron chi connectivity index (χ2n) is 28.3. The van der Waals surface area contributed by atoms with Crippen molar-refractivity contribution in [3.8, 4) is 5.75 Å². The SMILES string of the molecule is CC(=O)[C@H](CCCCNC(=O)OC(C)(C)C)NC(=O)[C@H](CO)CC(=O)CNC(=O)COc1cc(C(=O)N2C[C@@H](C(=O)N[C@H]3C[C@@H]3c3ccccc3)[C@H](C(=O)N[C@H]3C[C@@H]3c3ccccc3)C2)ccc1C(=O)N1C[C@@H](C(=O)N[C@H]2C[C@@H]2c2ccccc2)[C@H](C(=O)N[C@H]2C[C@@H]2c2ccccc2)C1. The van der Waals surface area contributed by atoms with Crippen molar-refractivity contribution in [2.45, 2.75) is 139 Å². The van der Waals surface area contributed by atoms with Crippen molar-refractivity contribution in [3.05, 3.63) is 173 Å². The molecule has 9 amide bonds. The number of rotatable bonds is 30. The smallest absolute Gasteiger partial charge is 0.407 e. The molecule has 522 valence electrons. The fourth-order valence-corrected chi connectivity index (χ4v) is 13.8. The fourth-order valence-electron chi connectivity index (χ4n) is 13.8. The molecule has 4 saturated carbocycles. The number of nitrogens with one attached hydrogen (secondary N) is 7. The van der Waals surface area contributed by atoms with Crippen LogP contribution in [0.4, 0.5) is 4.79 Å². The monoisotopic (exact) mass is 1350 g/mol. The number of aliphatic hydroxyl groups excluding tert-OH is 1. The minimum absolute atomic E-state index is 0.0173. The lowest BCUT2D eigenvalue weighted by molar-refractivity contribution is -0.133. The fraction of sp³-hybridized carbons (Fsp3) is 0.461. The van der Waals surface area contributed by atoms with Crippen LogP contribution in [0, 0.1) is 29.6 Å². The maximum Gasteiger partial charge on any atom is 0.407 e. The highest BCUT2D eigenvalue weighted by atomic mass is 16.6. The van der Waals surface area contributed by atoms with Crippen LogP contribution in [-0.2, 0) is 43.1 Å². The van der Waals surface area contributed by atoms with Gasteiger partial charge in [-0.1, -0.05) is 121 Å². The minimum Gasteiger partial charge on any atom is -0.483 e. The van der Waals surface area contributed by atoms with E-state index in [1.165, 1.54) is 34.9 Å². The van der Waals surface area contributed by atoms with Gasteiger partial charge in [-0.3, -0.25) is 47.9 Å². The summed E-state index contributed by atoms with van der Waals surface area (Å²) in [6.45, 7) is 4.01. The highest BCUT2D eigenvalue weighted by Crippen LogP contribution is 2.45. The molecule has 8 N–H and O–H groups in total. The van der Waals surface area contributed by atoms with Crippen molar-refractivity contribution in [1.82, 2.24) is 47.0 Å². The molecule has 0 aromatic heterocycles. The molecule has 2 heterocycles. The number of amides is 9. The van der Waals surface area contributed by atoms with Gasteiger partial charge in [0, 0.05) is 92.5 Å². The van der Waals surface area contributed by atoms with Gasteiger partial charge >= 0.3 is 6.09 Å². The number of benzene rings is 5. The van der Waals surface area contributed by atoms with Gasteiger partial charge in [-0.15, -0.1) is 0 Å². The Morgan fingerprint density at radius 2 is 0.949 bits per heavy atom. The van der Waals surface area contributed by atoms with Crippen LogP contribution in [0.3, 0.4) is 0 Å². The maximum atomic E-state index is 15.2. The maximum absolute atomic E-state index is 15.2. The van der Waals surface area contributed by atoms with E-state index in [2.05, 4.69) is 37.2 Å². The van der Waals surface area contributed by atoms with Gasteiger partial charge in [0.2, 0.25) is 29.5 Å². The lowest BCUT2D eigenvalue weighted by Crippen LogP contribution is -2.45. The van der Waals surface area contributed by atoms with E-state index in [-0.39, 0.29) is 133 Å². The highest BCUT2D eigenvalue weighted by molar-refractivity contribution is 6.02. The molecule has 4 aliphatic carbocycles. The molecule has 5 aromatic rings. The molecule has 2 aliphatic heterocycles. The van der Waals surface area contributed by atoms with Crippen LogP contribution in [0.5, 0.6) is 5.75 Å². The quantitative estimate of drug-likeness (QED) is 0.0260. The van der Waals surface area contributed by atoms with E-state index in [0.717, 1.165) is 22.3 Å². The third-order valence-electron chi connectivity index (χ3n) is 19.7. The van der Waals surface area contributed by atoms with Gasteiger partial charge in [0.05, 0.1) is 54.3 Å². The van der Waals surface area contributed by atoms with Crippen LogP contribution in [0.2, 0.25) is 0 Å². The zero-order valence-electron chi connectivity index (χ0n) is 56.3. The molecule has 6 aliphatic rings. The Bertz CT molecular complexity index is 3650. The first-order chi connectivity index (χ1) is 47.6. The predicted molar refractivity (Wildman–Crippen MR) is 365 cm³/mol. The molecule has 0 unspecified atom stereocenters. The number of ether oxygens (including phenoxy) is 2. The van der Waals surface area contributed by atoms with Crippen LogP contribution in [0.25, 0.3) is 0 Å². The summed E-state index contributed by atoms with van der Waals surface area (Å²) in [7, 11) is 0. The second kappa shape index (κ2) is 31.4. The normalized spacial score (nSPS) is 24.5. The number of likely N-dealkylation sites (tertiary alicyclic amines) is 2. The Morgan fingerprint density at radius 1 is 0.535 bits per heavy atom. The largest absolute Gasteiger partial charge is 0.483 e. The van der Waals surface area contributed by atoms with E-state index in [1.54, 1.807) is 20.8 Å². The van der Waals surface area contributed by atoms with Gasteiger partial charge in [0.25, 0.3) is 17.7 Å². The van der Waals surface area contributed by atoms with Crippen molar-refractivity contribution >= 4 is 64.9 Å². The summed E-state index contributed by atoms with van der Waals surface area (Å²) in [6.07, 6.45) is 2.84. The molecule has 23 nitrogen and oxygen atoms in total. The first-order valence-electron chi connectivity index (χ1n) is 34.5. The number of hydrogen-bond acceptors (Lipinski definition) is 14. The van der Waals surface area contributed by atoms with Crippen molar-refractivity contribution in [2.75, 3.05) is 52.5 Å². The molecule has 0 bridgehead atoms. The summed E-state index contributed by atoms with van der Waals surface area (Å²) < 4.78 is 11.4. The van der Waals surface area contributed by atoms with E-state index in [0.29, 0.717) is 38.5 Å². The Kier molecular flexibility index (Phi) is 22.4. The average Bonchev–Trinajstić information content (AvgIpc) is 1.66. The van der Waals surface area contributed by atoms with Gasteiger partial charge in [0.1, 0.15) is 11.4 Å². The van der Waals surface area contributed by atoms with Crippen LogP contribution in [0.15, 0.2) is 140 Å². The van der Waals surface area contributed by atoms with Crippen LogP contribution in [-0.4, -0.2) is 168 Å². The van der Waals surface area contributed by atoms with Gasteiger partial charge in [0.15, 0.2) is 18.2 Å². The first kappa shape index (κ1) is 70.5. The van der Waals surface area contributed by atoms with E-state index in [4.69, 9.17) is 9.47 Å². The molecule has 0 radical (unpaired) electrons. The number of carbonyl (C=O) groups is 11. The first-order valence-corrected chi connectivity index (χ1v) is 34.5. The van der Waals surface area contributed by atoms with Crippen LogP contribution >= 0.6 is 0 Å². The molecule has 5 aromatic carbocycles. The Morgan fingerprint density at radius 3 is 1.34 bits per heavy atom. The van der Waals surface area contributed by atoms with Gasteiger partial charge in [-0.2, -0.15) is 0 Å². The second-order valence-corrected chi connectivity index (χ2v) is 28.3. The number of unbranched alkanes of at least 4 members (excludes halogenated alkanes) is 1. The van der Waals surface area contributed by atoms with E-state index in [1.807, 2.05) is 121 Å². The summed E-state index contributed by atoms with van der Waals surface area (Å²) in [5.41, 5.74) is 3.47. The molecular weight excluding hydrogens is 1260 g/mol. The molecule has 99 heavy (non-hydrogen) atoms. The summed E-state index contributed by atoms with van der Waals surface area (Å²) in [5, 5.41) is 30.6. The van der Waals surface area contributed by atoms with E-state index in [9.17, 15) is 53.1 Å². The molecule has 14 atom stereocenters. The summed E-state index contributed by atoms with van der Waals surface area (Å²) in [6, 6.07) is 41.6. The topological polar surface area (TPSA) is 317 Å². The number of hydrogen-bond donors (Lipinski definition) is 8. The van der Waals surface area contributed by atoms with Crippen molar-refractivity contribution < 1.29 is 67.3 Å². The van der Waals surface area contributed by atoms with Crippen molar-refractivity contribution in [2.24, 2.45) is 29.6 Å². The molecule has 0 spiro atoms. The van der Waals surface area contributed by atoms with Gasteiger partial charge in [-0.05, 0) is 113 Å². The average molecular weight is 1350 g/mol. The van der Waals surface area contributed by atoms with Gasteiger partial charge < -0.3 is 61.6 Å². The number of ketones is 2. The Labute approximate surface area is 576 Å². The van der Waals surface area contributed by atoms with Gasteiger partial charge in [-0.25, -0.2) is 4.79 Å². The zero-order chi connectivity index (χ0) is 70.1. The summed E-state index contributed by atoms with van der Waals surface area (Å²) in [5.74, 6) is -10.4. The zero-order valence-corrected chi connectivity index (χ0v) is 56.3. The third kappa shape index (κ3) is 18.5. The molecule has 23 heteroatoms. The number of Topliss-reactive ketones (excluding diaryl/α,β-unsaturated/α-hetero) is 2. The predicted octanol–water partition coefficient (Wildman–Crippen LogP) is 5.58. The lowest BCUT2D eigenvalue weighted by atomic mass is 9.94. The van der Waals surface area contributed by atoms with Crippen LogP contribution in [0.1, 0.15) is 146 Å². The number of alkyl carbamates (subject to hydrolysis) is 1. The summed E-state index contributed by atoms with van der Waals surface area (Å²) in [4.78, 5) is 156. The molecule has 6 fully saturated rings. The number of aliphatic hydroxyl groups is 1. The summed E-state index contributed by atoms with van der Waals surface area (Å²) >= 11 is 0. The lowest BCUT2D eigenvalue weighted by Gasteiger charge is -2.21. The van der Waals surface area contributed by atoms with E-state index >= 15 is 4.79 Å². The molecule has 11 rings (SSSR count). The third-order valence-corrected chi connectivity index (χ3v) is 19.7.